The number of alkyl halides is 5. The summed E-state index contributed by atoms with van der Waals surface area (Å²) in [5.74, 6) is -4.86. The molecule has 1 amide bonds. The predicted molar refractivity (Wildman–Crippen MR) is 138 cm³/mol. The minimum absolute atomic E-state index is 0.0427. The third-order valence-electron chi connectivity index (χ3n) is 6.05. The number of aromatic nitrogens is 3. The van der Waals surface area contributed by atoms with E-state index in [9.17, 15) is 26.7 Å². The van der Waals surface area contributed by atoms with Crippen LogP contribution in [-0.2, 0) is 17.2 Å². The van der Waals surface area contributed by atoms with Crippen LogP contribution in [0.5, 0.6) is 0 Å². The lowest BCUT2D eigenvalue weighted by atomic mass is 10.1. The van der Waals surface area contributed by atoms with Gasteiger partial charge in [-0.1, -0.05) is 19.1 Å². The van der Waals surface area contributed by atoms with Crippen molar-refractivity contribution in [3.05, 3.63) is 71.7 Å². The Labute approximate surface area is 227 Å². The molecule has 4 rings (SSSR count). The van der Waals surface area contributed by atoms with Gasteiger partial charge in [0.25, 0.3) is 5.91 Å². The second-order valence-corrected chi connectivity index (χ2v) is 8.89. The lowest BCUT2D eigenvalue weighted by molar-refractivity contribution is -0.289. The summed E-state index contributed by atoms with van der Waals surface area (Å²) in [6.07, 6.45) is -1.70. The van der Waals surface area contributed by atoms with Crippen LogP contribution in [0, 0.1) is 0 Å². The molecular weight excluding hydrogens is 537 g/mol. The molecule has 0 saturated carbocycles. The molecular formula is C26H28F5N7O2. The van der Waals surface area contributed by atoms with Crippen LogP contribution in [0.2, 0.25) is 0 Å². The molecule has 214 valence electrons. The molecule has 2 N–H and O–H groups in total. The maximum atomic E-state index is 13.6. The van der Waals surface area contributed by atoms with E-state index in [0.29, 0.717) is 37.0 Å². The summed E-state index contributed by atoms with van der Waals surface area (Å²) < 4.78 is 70.4. The summed E-state index contributed by atoms with van der Waals surface area (Å²) in [6.45, 7) is 5.72. The molecule has 1 aromatic carbocycles. The summed E-state index contributed by atoms with van der Waals surface area (Å²) in [5.41, 5.74) is -0.391. The van der Waals surface area contributed by atoms with Gasteiger partial charge in [-0.3, -0.25) is 9.80 Å². The van der Waals surface area contributed by atoms with E-state index >= 15 is 0 Å². The molecule has 14 heteroatoms. The number of rotatable bonds is 10. The van der Waals surface area contributed by atoms with Crippen LogP contribution in [0.4, 0.5) is 39.4 Å². The van der Waals surface area contributed by atoms with Crippen molar-refractivity contribution in [3.63, 3.8) is 0 Å². The van der Waals surface area contributed by atoms with Gasteiger partial charge in [-0.25, -0.2) is 20.0 Å². The number of morpholine rings is 1. The third-order valence-corrected chi connectivity index (χ3v) is 6.05. The number of hydrogen-bond acceptors (Lipinski definition) is 8. The number of anilines is 3. The first kappa shape index (κ1) is 29.1. The normalized spacial score (nSPS) is 14.6. The Hall–Kier alpha value is -3.91. The summed E-state index contributed by atoms with van der Waals surface area (Å²) in [6, 6.07) is 7.99. The van der Waals surface area contributed by atoms with Crippen molar-refractivity contribution >= 4 is 23.4 Å². The Morgan fingerprint density at radius 1 is 1.02 bits per heavy atom. The van der Waals surface area contributed by atoms with Crippen LogP contribution in [0.1, 0.15) is 35.0 Å². The first-order chi connectivity index (χ1) is 19.1. The van der Waals surface area contributed by atoms with E-state index in [1.54, 1.807) is 18.3 Å². The largest absolute Gasteiger partial charge is 0.458 e. The SMILES string of the molecule is CCCN(c1nccc(CNc2ncccc2C(=O)Nc2ccc(C(F)(F)C(F)(F)F)cc2)n1)N1CCOCC1. The van der Waals surface area contributed by atoms with Crippen molar-refractivity contribution in [2.24, 2.45) is 0 Å². The maximum absolute atomic E-state index is 13.6. The molecule has 0 atom stereocenters. The molecule has 40 heavy (non-hydrogen) atoms. The van der Waals surface area contributed by atoms with Crippen LogP contribution >= 0.6 is 0 Å². The minimum Gasteiger partial charge on any atom is -0.379 e. The van der Waals surface area contributed by atoms with Gasteiger partial charge in [0.1, 0.15) is 5.82 Å². The number of ether oxygens (including phenoxy) is 1. The fourth-order valence-electron chi connectivity index (χ4n) is 4.01. The quantitative estimate of drug-likeness (QED) is 0.337. The molecule has 0 radical (unpaired) electrons. The zero-order valence-corrected chi connectivity index (χ0v) is 21.6. The second-order valence-electron chi connectivity index (χ2n) is 8.89. The van der Waals surface area contributed by atoms with Crippen molar-refractivity contribution in [1.29, 1.82) is 0 Å². The highest BCUT2D eigenvalue weighted by Crippen LogP contribution is 2.43. The highest BCUT2D eigenvalue weighted by atomic mass is 19.4. The van der Waals surface area contributed by atoms with Gasteiger partial charge in [-0.2, -0.15) is 22.0 Å². The number of nitrogens with zero attached hydrogens (tertiary/aromatic N) is 5. The van der Waals surface area contributed by atoms with Gasteiger partial charge in [-0.05, 0) is 36.8 Å². The number of hydrazine groups is 1. The zero-order valence-electron chi connectivity index (χ0n) is 21.6. The number of halogens is 5. The van der Waals surface area contributed by atoms with Gasteiger partial charge in [0, 0.05) is 43.3 Å². The highest BCUT2D eigenvalue weighted by Gasteiger charge is 2.58. The van der Waals surface area contributed by atoms with Gasteiger partial charge in [-0.15, -0.1) is 0 Å². The molecule has 1 saturated heterocycles. The number of carbonyl (C=O) groups is 1. The minimum atomic E-state index is -5.73. The van der Waals surface area contributed by atoms with Crippen LogP contribution in [-0.4, -0.2) is 64.9 Å². The molecule has 0 bridgehead atoms. The fraction of sp³-hybridized carbons (Fsp3) is 0.385. The number of pyridine rings is 1. The van der Waals surface area contributed by atoms with Crippen LogP contribution in [0.25, 0.3) is 0 Å². The predicted octanol–water partition coefficient (Wildman–Crippen LogP) is 4.85. The average molecular weight is 566 g/mol. The van der Waals surface area contributed by atoms with Crippen molar-refractivity contribution in [2.45, 2.75) is 32.0 Å². The molecule has 3 aromatic rings. The Bertz CT molecular complexity index is 1280. The highest BCUT2D eigenvalue weighted by molar-refractivity contribution is 6.07. The van der Waals surface area contributed by atoms with Gasteiger partial charge >= 0.3 is 12.1 Å². The van der Waals surface area contributed by atoms with Crippen LogP contribution in [0.15, 0.2) is 54.9 Å². The lowest BCUT2D eigenvalue weighted by Gasteiger charge is -2.37. The maximum Gasteiger partial charge on any atom is 0.458 e. The summed E-state index contributed by atoms with van der Waals surface area (Å²) >= 11 is 0. The number of carbonyl (C=O) groups excluding carboxylic acids is 1. The summed E-state index contributed by atoms with van der Waals surface area (Å²) in [7, 11) is 0. The Morgan fingerprint density at radius 2 is 1.75 bits per heavy atom. The molecule has 1 aliphatic heterocycles. The molecule has 9 nitrogen and oxygen atoms in total. The first-order valence-electron chi connectivity index (χ1n) is 12.6. The fourth-order valence-corrected chi connectivity index (χ4v) is 4.01. The van der Waals surface area contributed by atoms with E-state index < -0.39 is 23.6 Å². The summed E-state index contributed by atoms with van der Waals surface area (Å²) in [5, 5.41) is 9.76. The van der Waals surface area contributed by atoms with Gasteiger partial charge in [0.15, 0.2) is 0 Å². The average Bonchev–Trinajstić information content (AvgIpc) is 2.95. The Balaban J connectivity index is 1.44. The van der Waals surface area contributed by atoms with Gasteiger partial charge < -0.3 is 15.4 Å². The Kier molecular flexibility index (Phi) is 9.10. The molecule has 3 heterocycles. The number of amides is 1. The van der Waals surface area contributed by atoms with Crippen molar-refractivity contribution in [2.75, 3.05) is 48.5 Å². The standard InChI is InChI=1S/C26H28F5N7O2/c1-2-12-38(37-13-15-40-16-14-37)24-33-11-9-20(36-24)17-34-22-21(4-3-10-32-22)23(39)35-19-7-5-18(6-8-19)25(27,28)26(29,30)31/h3-11H,2,12-17H2,1H3,(H,32,34)(H,35,39). The molecule has 0 aliphatic carbocycles. The molecule has 0 unspecified atom stereocenters. The lowest BCUT2D eigenvalue weighted by Crippen LogP contribution is -2.50. The van der Waals surface area contributed by atoms with E-state index in [4.69, 9.17) is 4.74 Å². The summed E-state index contributed by atoms with van der Waals surface area (Å²) in [4.78, 5) is 26.2. The van der Waals surface area contributed by atoms with Crippen LogP contribution < -0.4 is 15.6 Å². The van der Waals surface area contributed by atoms with E-state index in [1.807, 2.05) is 5.01 Å². The zero-order chi connectivity index (χ0) is 28.8. The van der Waals surface area contributed by atoms with Crippen molar-refractivity contribution < 1.29 is 31.5 Å². The molecule has 1 aliphatic rings. The molecule has 1 fully saturated rings. The van der Waals surface area contributed by atoms with E-state index in [2.05, 4.69) is 37.5 Å². The van der Waals surface area contributed by atoms with Gasteiger partial charge in [0.05, 0.1) is 31.0 Å². The van der Waals surface area contributed by atoms with Gasteiger partial charge in [0.2, 0.25) is 5.95 Å². The van der Waals surface area contributed by atoms with Crippen molar-refractivity contribution in [3.8, 4) is 0 Å². The van der Waals surface area contributed by atoms with E-state index in [0.717, 1.165) is 38.2 Å². The number of nitrogens with one attached hydrogen (secondary N) is 2. The number of benzene rings is 1. The van der Waals surface area contributed by atoms with Crippen molar-refractivity contribution in [1.82, 2.24) is 20.0 Å². The van der Waals surface area contributed by atoms with E-state index in [1.165, 1.54) is 12.3 Å². The third kappa shape index (κ3) is 6.80. The topological polar surface area (TPSA) is 95.5 Å². The second kappa shape index (κ2) is 12.5. The monoisotopic (exact) mass is 565 g/mol. The van der Waals surface area contributed by atoms with Crippen LogP contribution in [0.3, 0.4) is 0 Å². The molecule has 2 aromatic heterocycles. The number of hydrogen-bond donors (Lipinski definition) is 2. The smallest absolute Gasteiger partial charge is 0.379 e. The molecule has 0 spiro atoms. The Morgan fingerprint density at radius 3 is 2.42 bits per heavy atom. The van der Waals surface area contributed by atoms with E-state index in [-0.39, 0.29) is 23.6 Å². The first-order valence-corrected chi connectivity index (χ1v) is 12.6.